The molecule has 2 aromatic carbocycles. The molecular weight excluding hydrogens is 299 g/mol. The molecule has 1 saturated carbocycles. The van der Waals surface area contributed by atoms with Gasteiger partial charge in [0.05, 0.1) is 19.6 Å². The van der Waals surface area contributed by atoms with Gasteiger partial charge in [-0.25, -0.2) is 4.39 Å². The fourth-order valence-corrected chi connectivity index (χ4v) is 2.56. The van der Waals surface area contributed by atoms with E-state index >= 15 is 0 Å². The zero-order chi connectivity index (χ0) is 16.4. The van der Waals surface area contributed by atoms with Gasteiger partial charge in [-0.1, -0.05) is 12.1 Å². The number of rotatable bonds is 5. The standard InChI is InChI=1S/C18H17FO4/c1-22-18(21)17-8-13(17)10-23-16-4-2-11(3-5-16)12-6-14(19)9-15(20)7-12/h2-7,9,13,17,20H,8,10H2,1H3/t13-,17+/m0/s1. The minimum absolute atomic E-state index is 0.0467. The normalized spacial score (nSPS) is 19.2. The van der Waals surface area contributed by atoms with Crippen LogP contribution in [0.5, 0.6) is 11.5 Å². The van der Waals surface area contributed by atoms with E-state index in [-0.39, 0.29) is 23.6 Å². The summed E-state index contributed by atoms with van der Waals surface area (Å²) in [5, 5.41) is 9.45. The van der Waals surface area contributed by atoms with Gasteiger partial charge in [0.15, 0.2) is 0 Å². The SMILES string of the molecule is COC(=O)[C@@H]1C[C@H]1COc1ccc(-c2cc(O)cc(F)c2)cc1. The van der Waals surface area contributed by atoms with Crippen molar-refractivity contribution in [1.82, 2.24) is 0 Å². The summed E-state index contributed by atoms with van der Waals surface area (Å²) in [4.78, 5) is 11.3. The molecule has 23 heavy (non-hydrogen) atoms. The van der Waals surface area contributed by atoms with Crippen molar-refractivity contribution in [2.45, 2.75) is 6.42 Å². The number of carbonyl (C=O) groups excluding carboxylic acids is 1. The summed E-state index contributed by atoms with van der Waals surface area (Å²) in [5.74, 6) is 0.0763. The molecule has 0 bridgehead atoms. The maximum atomic E-state index is 13.3. The van der Waals surface area contributed by atoms with E-state index in [4.69, 9.17) is 9.47 Å². The molecule has 4 nitrogen and oxygen atoms in total. The number of aromatic hydroxyl groups is 1. The molecular formula is C18H17FO4. The molecule has 0 unspecified atom stereocenters. The lowest BCUT2D eigenvalue weighted by atomic mass is 10.1. The molecule has 0 aliphatic heterocycles. The van der Waals surface area contributed by atoms with E-state index < -0.39 is 5.82 Å². The monoisotopic (exact) mass is 316 g/mol. The van der Waals surface area contributed by atoms with Gasteiger partial charge in [0.25, 0.3) is 0 Å². The van der Waals surface area contributed by atoms with Gasteiger partial charge in [-0.15, -0.1) is 0 Å². The number of phenols is 1. The van der Waals surface area contributed by atoms with Crippen LogP contribution in [0.2, 0.25) is 0 Å². The third kappa shape index (κ3) is 3.62. The number of phenolic OH excluding ortho intramolecular Hbond substituents is 1. The number of hydrogen-bond donors (Lipinski definition) is 1. The molecule has 0 heterocycles. The Morgan fingerprint density at radius 1 is 1.22 bits per heavy atom. The number of hydrogen-bond acceptors (Lipinski definition) is 4. The first-order valence-corrected chi connectivity index (χ1v) is 7.37. The van der Waals surface area contributed by atoms with Gasteiger partial charge < -0.3 is 14.6 Å². The van der Waals surface area contributed by atoms with Gasteiger partial charge in [-0.05, 0) is 41.8 Å². The highest BCUT2D eigenvalue weighted by Crippen LogP contribution is 2.39. The Morgan fingerprint density at radius 2 is 1.96 bits per heavy atom. The van der Waals surface area contributed by atoms with Crippen molar-refractivity contribution in [2.75, 3.05) is 13.7 Å². The number of benzene rings is 2. The smallest absolute Gasteiger partial charge is 0.309 e. The van der Waals surface area contributed by atoms with Gasteiger partial charge >= 0.3 is 5.97 Å². The number of ether oxygens (including phenoxy) is 2. The van der Waals surface area contributed by atoms with E-state index in [1.54, 1.807) is 24.3 Å². The second-order valence-electron chi connectivity index (χ2n) is 5.66. The number of esters is 1. The van der Waals surface area contributed by atoms with Crippen LogP contribution in [0.25, 0.3) is 11.1 Å². The Kier molecular flexibility index (Phi) is 4.19. The Bertz CT molecular complexity index is 691. The Labute approximate surface area is 133 Å². The van der Waals surface area contributed by atoms with Crippen molar-refractivity contribution < 1.29 is 23.8 Å². The quantitative estimate of drug-likeness (QED) is 0.859. The van der Waals surface area contributed by atoms with Gasteiger partial charge in [-0.3, -0.25) is 4.79 Å². The van der Waals surface area contributed by atoms with Crippen molar-refractivity contribution >= 4 is 5.97 Å². The fourth-order valence-electron chi connectivity index (χ4n) is 2.56. The first kappa shape index (κ1) is 15.3. The second kappa shape index (κ2) is 6.28. The average Bonchev–Trinajstić information content (AvgIpc) is 3.31. The van der Waals surface area contributed by atoms with Crippen LogP contribution in [0.1, 0.15) is 6.42 Å². The zero-order valence-electron chi connectivity index (χ0n) is 12.7. The largest absolute Gasteiger partial charge is 0.508 e. The summed E-state index contributed by atoms with van der Waals surface area (Å²) < 4.78 is 23.7. The predicted molar refractivity (Wildman–Crippen MR) is 82.6 cm³/mol. The summed E-state index contributed by atoms with van der Waals surface area (Å²) >= 11 is 0. The highest BCUT2D eigenvalue weighted by molar-refractivity contribution is 5.75. The number of halogens is 1. The molecule has 1 aliphatic carbocycles. The van der Waals surface area contributed by atoms with Crippen LogP contribution in [-0.2, 0) is 9.53 Å². The Balaban J connectivity index is 1.60. The van der Waals surface area contributed by atoms with Crippen molar-refractivity contribution in [3.8, 4) is 22.6 Å². The number of carbonyl (C=O) groups is 1. The molecule has 0 aromatic heterocycles. The van der Waals surface area contributed by atoms with Crippen LogP contribution in [0.4, 0.5) is 4.39 Å². The average molecular weight is 316 g/mol. The molecule has 5 heteroatoms. The molecule has 3 rings (SSSR count). The van der Waals surface area contributed by atoms with Gasteiger partial charge in [0, 0.05) is 12.0 Å². The predicted octanol–water partition coefficient (Wildman–Crippen LogP) is 3.39. The lowest BCUT2D eigenvalue weighted by Gasteiger charge is -2.08. The second-order valence-corrected chi connectivity index (χ2v) is 5.66. The maximum Gasteiger partial charge on any atom is 0.309 e. The van der Waals surface area contributed by atoms with Crippen molar-refractivity contribution in [3.63, 3.8) is 0 Å². The van der Waals surface area contributed by atoms with Crippen molar-refractivity contribution in [3.05, 3.63) is 48.3 Å². The van der Waals surface area contributed by atoms with E-state index in [0.717, 1.165) is 18.1 Å². The molecule has 2 aromatic rings. The molecule has 120 valence electrons. The first-order valence-electron chi connectivity index (χ1n) is 7.37. The molecule has 0 amide bonds. The van der Waals surface area contributed by atoms with Gasteiger partial charge in [0.2, 0.25) is 0 Å². The minimum Gasteiger partial charge on any atom is -0.508 e. The van der Waals surface area contributed by atoms with Gasteiger partial charge in [0.1, 0.15) is 17.3 Å². The van der Waals surface area contributed by atoms with Crippen molar-refractivity contribution in [2.24, 2.45) is 11.8 Å². The third-order valence-electron chi connectivity index (χ3n) is 3.96. The zero-order valence-corrected chi connectivity index (χ0v) is 12.7. The summed E-state index contributed by atoms with van der Waals surface area (Å²) in [6, 6.07) is 11.1. The van der Waals surface area contributed by atoms with E-state index in [0.29, 0.717) is 17.9 Å². The lowest BCUT2D eigenvalue weighted by molar-refractivity contribution is -0.142. The maximum absolute atomic E-state index is 13.3. The van der Waals surface area contributed by atoms with E-state index in [9.17, 15) is 14.3 Å². The molecule has 1 aliphatic rings. The number of methoxy groups -OCH3 is 1. The Morgan fingerprint density at radius 3 is 2.61 bits per heavy atom. The molecule has 1 N–H and O–H groups in total. The molecule has 2 atom stereocenters. The van der Waals surface area contributed by atoms with Crippen LogP contribution in [0.15, 0.2) is 42.5 Å². The molecule has 1 fully saturated rings. The van der Waals surface area contributed by atoms with E-state index in [1.807, 2.05) is 0 Å². The van der Waals surface area contributed by atoms with Crippen LogP contribution in [-0.4, -0.2) is 24.8 Å². The van der Waals surface area contributed by atoms with E-state index in [2.05, 4.69) is 0 Å². The highest BCUT2D eigenvalue weighted by Gasteiger charge is 2.44. The first-order chi connectivity index (χ1) is 11.1. The topological polar surface area (TPSA) is 55.8 Å². The molecule has 0 spiro atoms. The minimum atomic E-state index is -0.483. The summed E-state index contributed by atoms with van der Waals surface area (Å²) in [7, 11) is 1.39. The van der Waals surface area contributed by atoms with Crippen molar-refractivity contribution in [1.29, 1.82) is 0 Å². The van der Waals surface area contributed by atoms with Gasteiger partial charge in [-0.2, -0.15) is 0 Å². The van der Waals surface area contributed by atoms with Crippen LogP contribution in [0, 0.1) is 17.7 Å². The Hall–Kier alpha value is -2.56. The molecule has 0 saturated heterocycles. The summed E-state index contributed by atoms with van der Waals surface area (Å²) in [5.41, 5.74) is 1.38. The summed E-state index contributed by atoms with van der Waals surface area (Å²) in [6.45, 7) is 0.472. The molecule has 0 radical (unpaired) electrons. The third-order valence-corrected chi connectivity index (χ3v) is 3.96. The summed E-state index contributed by atoms with van der Waals surface area (Å²) in [6.07, 6.45) is 0.799. The highest BCUT2D eigenvalue weighted by atomic mass is 19.1. The van der Waals surface area contributed by atoms with E-state index in [1.165, 1.54) is 19.2 Å². The van der Waals surface area contributed by atoms with Crippen LogP contribution < -0.4 is 4.74 Å². The fraction of sp³-hybridized carbons (Fsp3) is 0.278. The van der Waals surface area contributed by atoms with Crippen LogP contribution in [0.3, 0.4) is 0 Å². The lowest BCUT2D eigenvalue weighted by Crippen LogP contribution is -2.08. The van der Waals surface area contributed by atoms with Crippen LogP contribution >= 0.6 is 0 Å².